The van der Waals surface area contributed by atoms with Gasteiger partial charge in [0.15, 0.2) is 23.1 Å². The van der Waals surface area contributed by atoms with Crippen LogP contribution in [0.1, 0.15) is 68.1 Å². The number of Topliss-reactive ketones (excluding diaryl/α,β-unsaturated/α-hetero) is 2. The van der Waals surface area contributed by atoms with Gasteiger partial charge in [-0.05, 0) is 89.5 Å². The van der Waals surface area contributed by atoms with Gasteiger partial charge in [0.1, 0.15) is 12.4 Å². The van der Waals surface area contributed by atoms with Crippen molar-refractivity contribution in [2.75, 3.05) is 6.61 Å². The van der Waals surface area contributed by atoms with Crippen molar-refractivity contribution in [3.05, 3.63) is 116 Å². The van der Waals surface area contributed by atoms with E-state index < -0.39 is 5.92 Å². The highest BCUT2D eigenvalue weighted by Gasteiger charge is 2.43. The van der Waals surface area contributed by atoms with Crippen molar-refractivity contribution in [3.63, 3.8) is 0 Å². The maximum Gasteiger partial charge on any atom is 0.175 e. The van der Waals surface area contributed by atoms with Crippen LogP contribution in [0.25, 0.3) is 0 Å². The third-order valence-corrected chi connectivity index (χ3v) is 8.80. The van der Waals surface area contributed by atoms with Crippen molar-refractivity contribution >= 4 is 27.5 Å². The van der Waals surface area contributed by atoms with Gasteiger partial charge in [-0.1, -0.05) is 42.5 Å². The number of ether oxygens (including phenoxy) is 2. The molecule has 0 amide bonds. The van der Waals surface area contributed by atoms with Crippen LogP contribution in [0.2, 0.25) is 0 Å². The minimum absolute atomic E-state index is 0.102. The molecular weight excluding hydrogens is 597 g/mol. The molecule has 0 bridgehead atoms. The second kappa shape index (κ2) is 12.3. The molecule has 5 nitrogen and oxygen atoms in total. The first-order valence-corrected chi connectivity index (χ1v) is 15.4. The molecule has 216 valence electrons. The van der Waals surface area contributed by atoms with E-state index in [1.165, 1.54) is 12.1 Å². The molecule has 0 saturated carbocycles. The number of benzene rings is 3. The van der Waals surface area contributed by atoms with Gasteiger partial charge in [0.05, 0.1) is 11.1 Å². The quantitative estimate of drug-likeness (QED) is 0.251. The summed E-state index contributed by atoms with van der Waals surface area (Å²) in [7, 11) is 0. The van der Waals surface area contributed by atoms with Crippen molar-refractivity contribution in [3.8, 4) is 11.5 Å². The average Bonchev–Trinajstić information content (AvgIpc) is 2.98. The van der Waals surface area contributed by atoms with Crippen LogP contribution in [0.5, 0.6) is 11.5 Å². The Morgan fingerprint density at radius 1 is 0.833 bits per heavy atom. The van der Waals surface area contributed by atoms with E-state index in [2.05, 4.69) is 33.0 Å². The van der Waals surface area contributed by atoms with Gasteiger partial charge in [-0.2, -0.15) is 0 Å². The summed E-state index contributed by atoms with van der Waals surface area (Å²) in [6.07, 6.45) is 4.13. The van der Waals surface area contributed by atoms with E-state index in [0.29, 0.717) is 47.5 Å². The molecule has 1 aliphatic heterocycles. The topological polar surface area (TPSA) is 55.8 Å². The molecule has 0 unspecified atom stereocenters. The molecule has 6 rings (SSSR count). The maximum atomic E-state index is 13.8. The summed E-state index contributed by atoms with van der Waals surface area (Å²) >= 11 is 3.69. The van der Waals surface area contributed by atoms with Crippen molar-refractivity contribution in [2.24, 2.45) is 0 Å². The average molecular weight is 631 g/mol. The standard InChI is InChI=1S/C35H33BrFNO4/c1-2-41-31-19-24(18-26(36)35(31)42-21-23-11-6-12-25(37)17-23)32-33-27(13-7-15-29(33)39)38(20-22-9-4-3-5-10-22)28-14-8-16-30(40)34(28)32/h3-6,9-12,17-19,32H,2,7-8,13-16,20-21H2,1H3. The minimum Gasteiger partial charge on any atom is -0.490 e. The molecule has 0 N–H and O–H groups in total. The Hall–Kier alpha value is -3.71. The molecule has 0 atom stereocenters. The fourth-order valence-corrected chi connectivity index (χ4v) is 7.02. The zero-order valence-electron chi connectivity index (χ0n) is 23.6. The SMILES string of the molecule is CCOc1cc(C2C3=C(CCCC3=O)N(Cc3ccccc3)C3=C2C(=O)CCC3)cc(Br)c1OCc1cccc(F)c1. The number of allylic oxidation sites excluding steroid dienone is 4. The molecule has 1 heterocycles. The molecule has 0 saturated heterocycles. The van der Waals surface area contributed by atoms with Crippen molar-refractivity contribution in [2.45, 2.75) is 64.5 Å². The zero-order chi connectivity index (χ0) is 29.2. The predicted molar refractivity (Wildman–Crippen MR) is 163 cm³/mol. The van der Waals surface area contributed by atoms with Gasteiger partial charge < -0.3 is 14.4 Å². The van der Waals surface area contributed by atoms with Crippen LogP contribution >= 0.6 is 15.9 Å². The number of ketones is 2. The highest BCUT2D eigenvalue weighted by atomic mass is 79.9. The number of nitrogens with zero attached hydrogens (tertiary/aromatic N) is 1. The largest absolute Gasteiger partial charge is 0.490 e. The van der Waals surface area contributed by atoms with E-state index in [1.54, 1.807) is 12.1 Å². The molecule has 0 radical (unpaired) electrons. The molecule has 7 heteroatoms. The molecule has 2 aliphatic carbocycles. The van der Waals surface area contributed by atoms with E-state index in [1.807, 2.05) is 37.3 Å². The highest BCUT2D eigenvalue weighted by molar-refractivity contribution is 9.10. The number of rotatable bonds is 8. The Bertz CT molecular complexity index is 1550. The lowest BCUT2D eigenvalue weighted by molar-refractivity contribution is -0.117. The highest BCUT2D eigenvalue weighted by Crippen LogP contribution is 2.51. The summed E-state index contributed by atoms with van der Waals surface area (Å²) in [5, 5.41) is 0. The molecular formula is C35H33BrFNO4. The lowest BCUT2D eigenvalue weighted by Gasteiger charge is -2.44. The van der Waals surface area contributed by atoms with Gasteiger partial charge in [0, 0.05) is 47.8 Å². The molecule has 0 spiro atoms. The predicted octanol–water partition coefficient (Wildman–Crippen LogP) is 8.18. The first kappa shape index (κ1) is 28.4. The minimum atomic E-state index is -0.463. The second-order valence-electron chi connectivity index (χ2n) is 11.0. The first-order chi connectivity index (χ1) is 20.4. The normalized spacial score (nSPS) is 17.4. The fourth-order valence-electron chi connectivity index (χ4n) is 6.45. The fraction of sp³-hybridized carbons (Fsp3) is 0.314. The molecule has 3 aromatic rings. The molecule has 3 aliphatic rings. The lowest BCUT2D eigenvalue weighted by Crippen LogP contribution is -2.38. The summed E-state index contributed by atoms with van der Waals surface area (Å²) in [4.78, 5) is 29.7. The van der Waals surface area contributed by atoms with Gasteiger partial charge in [-0.3, -0.25) is 9.59 Å². The van der Waals surface area contributed by atoms with Crippen molar-refractivity contribution in [1.82, 2.24) is 4.90 Å². The number of hydrogen-bond acceptors (Lipinski definition) is 5. The second-order valence-corrected chi connectivity index (χ2v) is 11.8. The van der Waals surface area contributed by atoms with Crippen LogP contribution in [0.3, 0.4) is 0 Å². The lowest BCUT2D eigenvalue weighted by atomic mass is 9.71. The van der Waals surface area contributed by atoms with Crippen LogP contribution in [0, 0.1) is 5.82 Å². The first-order valence-electron chi connectivity index (χ1n) is 14.6. The Kier molecular flexibility index (Phi) is 8.29. The van der Waals surface area contributed by atoms with Crippen LogP contribution in [0.15, 0.2) is 93.7 Å². The number of hydrogen-bond donors (Lipinski definition) is 0. The summed E-state index contributed by atoms with van der Waals surface area (Å²) < 4.78 is 26.6. The van der Waals surface area contributed by atoms with Gasteiger partial charge in [0.25, 0.3) is 0 Å². The third-order valence-electron chi connectivity index (χ3n) is 8.21. The van der Waals surface area contributed by atoms with E-state index >= 15 is 0 Å². The van der Waals surface area contributed by atoms with E-state index in [4.69, 9.17) is 9.47 Å². The summed E-state index contributed by atoms with van der Waals surface area (Å²) in [5.41, 5.74) is 6.20. The number of carbonyl (C=O) groups is 2. The third kappa shape index (κ3) is 5.54. The van der Waals surface area contributed by atoms with E-state index in [0.717, 1.165) is 59.4 Å². The Labute approximate surface area is 254 Å². The van der Waals surface area contributed by atoms with Crippen LogP contribution in [-0.2, 0) is 22.7 Å². The van der Waals surface area contributed by atoms with Crippen LogP contribution in [0.4, 0.5) is 4.39 Å². The summed E-state index contributed by atoms with van der Waals surface area (Å²) in [6, 6.07) is 20.4. The van der Waals surface area contributed by atoms with Crippen molar-refractivity contribution in [1.29, 1.82) is 0 Å². The number of halogens is 2. The van der Waals surface area contributed by atoms with Gasteiger partial charge in [0.2, 0.25) is 0 Å². The van der Waals surface area contributed by atoms with E-state index in [-0.39, 0.29) is 24.0 Å². The van der Waals surface area contributed by atoms with Gasteiger partial charge in [-0.25, -0.2) is 4.39 Å². The van der Waals surface area contributed by atoms with Gasteiger partial charge in [-0.15, -0.1) is 0 Å². The van der Waals surface area contributed by atoms with Crippen LogP contribution < -0.4 is 9.47 Å². The monoisotopic (exact) mass is 629 g/mol. The molecule has 0 fully saturated rings. The molecule has 0 aromatic heterocycles. The Balaban J connectivity index is 1.45. The number of carbonyl (C=O) groups excluding carboxylic acids is 2. The Morgan fingerprint density at radius 2 is 1.50 bits per heavy atom. The van der Waals surface area contributed by atoms with Crippen molar-refractivity contribution < 1.29 is 23.5 Å². The smallest absolute Gasteiger partial charge is 0.175 e. The van der Waals surface area contributed by atoms with Crippen LogP contribution in [-0.4, -0.2) is 23.1 Å². The van der Waals surface area contributed by atoms with Gasteiger partial charge >= 0.3 is 0 Å². The maximum absolute atomic E-state index is 13.8. The zero-order valence-corrected chi connectivity index (χ0v) is 25.2. The van der Waals surface area contributed by atoms with E-state index in [9.17, 15) is 14.0 Å². The summed E-state index contributed by atoms with van der Waals surface area (Å²) in [6.45, 7) is 3.10. The molecule has 3 aromatic carbocycles. The summed E-state index contributed by atoms with van der Waals surface area (Å²) in [5.74, 6) is 0.432. The Morgan fingerprint density at radius 3 is 2.14 bits per heavy atom. The molecule has 42 heavy (non-hydrogen) atoms.